The topological polar surface area (TPSA) is 26.0 Å². The van der Waals surface area contributed by atoms with Crippen molar-refractivity contribution >= 4 is 0 Å². The van der Waals surface area contributed by atoms with Crippen molar-refractivity contribution in [2.45, 2.75) is 45.1 Å². The summed E-state index contributed by atoms with van der Waals surface area (Å²) in [4.78, 5) is 0. The van der Waals surface area contributed by atoms with Crippen molar-refractivity contribution in [1.29, 1.82) is 0 Å². The molecule has 21 heavy (non-hydrogen) atoms. The Labute approximate surface area is 128 Å². The van der Waals surface area contributed by atoms with Gasteiger partial charge >= 0.3 is 0 Å². The number of rotatable bonds is 3. The normalized spacial score (nSPS) is 19.1. The molecule has 0 aliphatic heterocycles. The van der Waals surface area contributed by atoms with Gasteiger partial charge in [-0.25, -0.2) is 0 Å². The first kappa shape index (κ1) is 14.3. The fraction of sp³-hybridized carbons (Fsp3) is 0.400. The highest BCUT2D eigenvalue weighted by Crippen LogP contribution is 2.44. The maximum Gasteiger partial charge on any atom is 0.0349 e. The molecule has 110 valence electrons. The molecule has 3 rings (SSSR count). The summed E-state index contributed by atoms with van der Waals surface area (Å²) in [7, 11) is 0. The van der Waals surface area contributed by atoms with Gasteiger partial charge in [0.1, 0.15) is 0 Å². The second-order valence-electron chi connectivity index (χ2n) is 6.68. The zero-order chi connectivity index (χ0) is 14.7. The number of benzene rings is 2. The van der Waals surface area contributed by atoms with Crippen LogP contribution in [0.3, 0.4) is 0 Å². The minimum absolute atomic E-state index is 0.155. The van der Waals surface area contributed by atoms with Gasteiger partial charge in [-0.2, -0.15) is 0 Å². The lowest BCUT2D eigenvalue weighted by molar-refractivity contribution is 0.170. The van der Waals surface area contributed by atoms with Crippen LogP contribution in [0.4, 0.5) is 0 Å². The van der Waals surface area contributed by atoms with Crippen molar-refractivity contribution in [2.24, 2.45) is 11.1 Å². The van der Waals surface area contributed by atoms with Crippen LogP contribution in [0.5, 0.6) is 0 Å². The molecule has 1 atom stereocenters. The minimum atomic E-state index is 0.155. The molecule has 0 spiro atoms. The van der Waals surface area contributed by atoms with Crippen molar-refractivity contribution in [2.75, 3.05) is 0 Å². The third-order valence-electron chi connectivity index (χ3n) is 5.12. The molecule has 0 saturated heterocycles. The standard InChI is InChI=1S/C20H25N/c1-20(14-6-3-7-15-20)19(21)18-12-10-17(11-13-18)16-8-4-2-5-9-16/h2,4-5,8-13,19H,3,6-7,14-15,21H2,1H3. The average Bonchev–Trinajstić information content (AvgIpc) is 2.56. The largest absolute Gasteiger partial charge is 0.323 e. The molecule has 2 aromatic rings. The minimum Gasteiger partial charge on any atom is -0.323 e. The molecule has 1 nitrogen and oxygen atoms in total. The summed E-state index contributed by atoms with van der Waals surface area (Å²) in [6.45, 7) is 2.36. The first-order valence-corrected chi connectivity index (χ1v) is 8.10. The van der Waals surface area contributed by atoms with Gasteiger partial charge in [-0.15, -0.1) is 0 Å². The SMILES string of the molecule is CC1(C(N)c2ccc(-c3ccccc3)cc2)CCCCC1. The molecule has 0 heterocycles. The van der Waals surface area contributed by atoms with Crippen molar-refractivity contribution < 1.29 is 0 Å². The van der Waals surface area contributed by atoms with Gasteiger partial charge in [0.05, 0.1) is 0 Å². The van der Waals surface area contributed by atoms with Crippen LogP contribution in [0.2, 0.25) is 0 Å². The molecule has 1 heteroatoms. The lowest BCUT2D eigenvalue weighted by Gasteiger charge is -2.39. The molecule has 0 amide bonds. The molecular weight excluding hydrogens is 254 g/mol. The Kier molecular flexibility index (Phi) is 4.12. The predicted octanol–water partition coefficient (Wildman–Crippen LogP) is 5.32. The van der Waals surface area contributed by atoms with Crippen LogP contribution >= 0.6 is 0 Å². The van der Waals surface area contributed by atoms with Crippen LogP contribution in [0.15, 0.2) is 54.6 Å². The summed E-state index contributed by atoms with van der Waals surface area (Å²) in [5, 5.41) is 0. The van der Waals surface area contributed by atoms with E-state index in [0.29, 0.717) is 0 Å². The highest BCUT2D eigenvalue weighted by atomic mass is 14.7. The van der Waals surface area contributed by atoms with Gasteiger partial charge in [0.25, 0.3) is 0 Å². The summed E-state index contributed by atoms with van der Waals surface area (Å²) >= 11 is 0. The summed E-state index contributed by atoms with van der Waals surface area (Å²) in [6.07, 6.45) is 6.54. The molecule has 0 aromatic heterocycles. The molecule has 1 fully saturated rings. The Bertz CT molecular complexity index is 565. The van der Waals surface area contributed by atoms with E-state index in [9.17, 15) is 0 Å². The second kappa shape index (κ2) is 6.03. The molecule has 0 radical (unpaired) electrons. The van der Waals surface area contributed by atoms with Crippen LogP contribution < -0.4 is 5.73 Å². The monoisotopic (exact) mass is 279 g/mol. The first-order chi connectivity index (χ1) is 10.2. The Hall–Kier alpha value is -1.60. The average molecular weight is 279 g/mol. The van der Waals surface area contributed by atoms with Gasteiger partial charge in [-0.1, -0.05) is 80.8 Å². The number of nitrogens with two attached hydrogens (primary N) is 1. The molecule has 1 unspecified atom stereocenters. The van der Waals surface area contributed by atoms with Crippen LogP contribution in [-0.2, 0) is 0 Å². The van der Waals surface area contributed by atoms with Crippen LogP contribution in [0.1, 0.15) is 50.6 Å². The Morgan fingerprint density at radius 2 is 1.38 bits per heavy atom. The van der Waals surface area contributed by atoms with Crippen molar-refractivity contribution in [3.8, 4) is 11.1 Å². The van der Waals surface area contributed by atoms with E-state index in [4.69, 9.17) is 5.73 Å². The van der Waals surface area contributed by atoms with Crippen molar-refractivity contribution in [3.05, 3.63) is 60.2 Å². The lowest BCUT2D eigenvalue weighted by Crippen LogP contribution is -2.33. The summed E-state index contributed by atoms with van der Waals surface area (Å²) in [5.41, 5.74) is 10.7. The quantitative estimate of drug-likeness (QED) is 0.808. The highest BCUT2D eigenvalue weighted by molar-refractivity contribution is 5.63. The highest BCUT2D eigenvalue weighted by Gasteiger charge is 2.33. The van der Waals surface area contributed by atoms with Gasteiger partial charge in [0.15, 0.2) is 0 Å². The zero-order valence-electron chi connectivity index (χ0n) is 12.9. The third kappa shape index (κ3) is 3.03. The van der Waals surface area contributed by atoms with E-state index >= 15 is 0 Å². The van der Waals surface area contributed by atoms with Gasteiger partial charge < -0.3 is 5.73 Å². The maximum atomic E-state index is 6.59. The maximum absolute atomic E-state index is 6.59. The van der Waals surface area contributed by atoms with Gasteiger partial charge in [0.2, 0.25) is 0 Å². The molecule has 1 aliphatic rings. The Balaban J connectivity index is 1.80. The van der Waals surface area contributed by atoms with E-state index in [-0.39, 0.29) is 11.5 Å². The van der Waals surface area contributed by atoms with Crippen molar-refractivity contribution in [3.63, 3.8) is 0 Å². The van der Waals surface area contributed by atoms with E-state index in [1.165, 1.54) is 48.8 Å². The summed E-state index contributed by atoms with van der Waals surface area (Å²) in [5.74, 6) is 0. The molecule has 0 bridgehead atoms. The molecule has 1 aliphatic carbocycles. The molecule has 2 aromatic carbocycles. The fourth-order valence-electron chi connectivity index (χ4n) is 3.59. The number of hydrogen-bond donors (Lipinski definition) is 1. The molecular formula is C20H25N. The van der Waals surface area contributed by atoms with Crippen LogP contribution in [0.25, 0.3) is 11.1 Å². The zero-order valence-corrected chi connectivity index (χ0v) is 12.9. The second-order valence-corrected chi connectivity index (χ2v) is 6.68. The summed E-state index contributed by atoms with van der Waals surface area (Å²) < 4.78 is 0. The van der Waals surface area contributed by atoms with Crippen molar-refractivity contribution in [1.82, 2.24) is 0 Å². The van der Waals surface area contributed by atoms with E-state index in [1.807, 2.05) is 0 Å². The summed E-state index contributed by atoms with van der Waals surface area (Å²) in [6, 6.07) is 19.5. The molecule has 2 N–H and O–H groups in total. The van der Waals surface area contributed by atoms with Gasteiger partial charge in [-0.05, 0) is 34.9 Å². The van der Waals surface area contributed by atoms with E-state index < -0.39 is 0 Å². The predicted molar refractivity (Wildman–Crippen MR) is 90.0 cm³/mol. The Morgan fingerprint density at radius 3 is 2.00 bits per heavy atom. The fourth-order valence-corrected chi connectivity index (χ4v) is 3.59. The lowest BCUT2D eigenvalue weighted by atomic mass is 9.69. The van der Waals surface area contributed by atoms with E-state index in [2.05, 4.69) is 61.5 Å². The first-order valence-electron chi connectivity index (χ1n) is 8.10. The van der Waals surface area contributed by atoms with E-state index in [1.54, 1.807) is 0 Å². The third-order valence-corrected chi connectivity index (χ3v) is 5.12. The van der Waals surface area contributed by atoms with Gasteiger partial charge in [-0.3, -0.25) is 0 Å². The number of hydrogen-bond acceptors (Lipinski definition) is 1. The Morgan fingerprint density at radius 1 is 0.810 bits per heavy atom. The van der Waals surface area contributed by atoms with Crippen LogP contribution in [0, 0.1) is 5.41 Å². The molecule has 1 saturated carbocycles. The van der Waals surface area contributed by atoms with Crippen LogP contribution in [-0.4, -0.2) is 0 Å². The van der Waals surface area contributed by atoms with Gasteiger partial charge in [0, 0.05) is 6.04 Å². The van der Waals surface area contributed by atoms with E-state index in [0.717, 1.165) is 0 Å². The smallest absolute Gasteiger partial charge is 0.0349 e.